The molecule has 1 N–H and O–H groups in total. The molecule has 1 fully saturated rings. The van der Waals surface area contributed by atoms with Crippen molar-refractivity contribution in [2.45, 2.75) is 38.4 Å². The quantitative estimate of drug-likeness (QED) is 0.687. The topological polar surface area (TPSA) is 97.3 Å². The monoisotopic (exact) mass is 447 g/mol. The molecule has 0 radical (unpaired) electrons. The molecule has 0 spiro atoms. The molecule has 8 heteroatoms. The number of hydrogen-bond acceptors (Lipinski definition) is 6. The standard InChI is InChI=1S/C25H25N3O5/c1-15-4-6-16(7-5-15)22-12-19(33-27-22)13-26-23(29)17-8-9-20-21(11-17)25(31)28(24(20)30)14-18-3-2-10-32-18/h4-9,11,18-19H,2-3,10,12-14H2,1H3,(H,26,29)/t18-,19+/m0/s1. The normalized spacial score (nSPS) is 21.7. The number of carbonyl (C=O) groups excluding carboxylic acids is 3. The van der Waals surface area contributed by atoms with E-state index in [1.807, 2.05) is 31.2 Å². The third-order valence-corrected chi connectivity index (χ3v) is 6.25. The summed E-state index contributed by atoms with van der Waals surface area (Å²) in [6, 6.07) is 12.7. The van der Waals surface area contributed by atoms with Gasteiger partial charge in [0.15, 0.2) is 0 Å². The van der Waals surface area contributed by atoms with E-state index in [9.17, 15) is 14.4 Å². The minimum absolute atomic E-state index is 0.117. The average Bonchev–Trinajstić information content (AvgIpc) is 3.56. The Morgan fingerprint density at radius 2 is 1.88 bits per heavy atom. The van der Waals surface area contributed by atoms with Crippen LogP contribution in [0.2, 0.25) is 0 Å². The van der Waals surface area contributed by atoms with Crippen LogP contribution in [0, 0.1) is 6.92 Å². The van der Waals surface area contributed by atoms with E-state index in [1.54, 1.807) is 12.1 Å². The van der Waals surface area contributed by atoms with E-state index in [0.717, 1.165) is 24.1 Å². The third kappa shape index (κ3) is 4.26. The molecule has 0 unspecified atom stereocenters. The molecule has 3 aliphatic heterocycles. The average molecular weight is 447 g/mol. The van der Waals surface area contributed by atoms with Crippen molar-refractivity contribution in [3.63, 3.8) is 0 Å². The lowest BCUT2D eigenvalue weighted by Crippen LogP contribution is -2.36. The lowest BCUT2D eigenvalue weighted by atomic mass is 10.0. The van der Waals surface area contributed by atoms with Gasteiger partial charge < -0.3 is 14.9 Å². The maximum absolute atomic E-state index is 12.8. The van der Waals surface area contributed by atoms with E-state index < -0.39 is 0 Å². The van der Waals surface area contributed by atoms with Gasteiger partial charge in [-0.25, -0.2) is 0 Å². The summed E-state index contributed by atoms with van der Waals surface area (Å²) in [4.78, 5) is 44.9. The Balaban J connectivity index is 1.19. The first-order valence-electron chi connectivity index (χ1n) is 11.2. The van der Waals surface area contributed by atoms with Crippen molar-refractivity contribution in [2.75, 3.05) is 19.7 Å². The third-order valence-electron chi connectivity index (χ3n) is 6.25. The molecule has 0 aromatic heterocycles. The van der Waals surface area contributed by atoms with Gasteiger partial charge in [-0.2, -0.15) is 0 Å². The molecule has 2 atom stereocenters. The summed E-state index contributed by atoms with van der Waals surface area (Å²) in [6.45, 7) is 3.21. The summed E-state index contributed by atoms with van der Waals surface area (Å²) >= 11 is 0. The molecule has 2 aromatic carbocycles. The minimum atomic E-state index is -0.379. The van der Waals surface area contributed by atoms with Crippen molar-refractivity contribution in [3.05, 3.63) is 70.3 Å². The van der Waals surface area contributed by atoms with Gasteiger partial charge in [0, 0.05) is 18.6 Å². The van der Waals surface area contributed by atoms with Gasteiger partial charge in [0.2, 0.25) is 0 Å². The summed E-state index contributed by atoms with van der Waals surface area (Å²) in [6.07, 6.45) is 1.98. The van der Waals surface area contributed by atoms with Crippen LogP contribution in [0.15, 0.2) is 47.6 Å². The van der Waals surface area contributed by atoms with Crippen LogP contribution in [0.5, 0.6) is 0 Å². The molecule has 3 aliphatic rings. The summed E-state index contributed by atoms with van der Waals surface area (Å²) in [5, 5.41) is 6.99. The minimum Gasteiger partial charge on any atom is -0.390 e. The van der Waals surface area contributed by atoms with E-state index >= 15 is 0 Å². The van der Waals surface area contributed by atoms with Crippen LogP contribution in [0.4, 0.5) is 0 Å². The summed E-state index contributed by atoms with van der Waals surface area (Å²) in [5.74, 6) is -1.05. The van der Waals surface area contributed by atoms with Crippen LogP contribution in [-0.4, -0.2) is 60.2 Å². The number of aryl methyl sites for hydroxylation is 1. The molecule has 3 amide bonds. The predicted molar refractivity (Wildman–Crippen MR) is 120 cm³/mol. The van der Waals surface area contributed by atoms with Gasteiger partial charge in [-0.05, 0) is 43.5 Å². The highest BCUT2D eigenvalue weighted by atomic mass is 16.6. The lowest BCUT2D eigenvalue weighted by molar-refractivity contribution is 0.0475. The van der Waals surface area contributed by atoms with Gasteiger partial charge in [-0.3, -0.25) is 19.3 Å². The highest BCUT2D eigenvalue weighted by Crippen LogP contribution is 2.26. The zero-order valence-electron chi connectivity index (χ0n) is 18.4. The first-order valence-corrected chi connectivity index (χ1v) is 11.2. The number of fused-ring (bicyclic) bond motifs is 1. The van der Waals surface area contributed by atoms with E-state index in [4.69, 9.17) is 9.57 Å². The Hall–Kier alpha value is -3.52. The number of nitrogens with one attached hydrogen (secondary N) is 1. The molecule has 0 saturated carbocycles. The second kappa shape index (κ2) is 8.78. The summed E-state index contributed by atoms with van der Waals surface area (Å²) < 4.78 is 5.56. The highest BCUT2D eigenvalue weighted by molar-refractivity contribution is 6.22. The number of rotatable bonds is 6. The number of carbonyl (C=O) groups is 3. The van der Waals surface area contributed by atoms with Crippen molar-refractivity contribution in [3.8, 4) is 0 Å². The fraction of sp³-hybridized carbons (Fsp3) is 0.360. The second-order valence-electron chi connectivity index (χ2n) is 8.66. The summed E-state index contributed by atoms with van der Waals surface area (Å²) in [5.41, 5.74) is 3.93. The van der Waals surface area contributed by atoms with Crippen LogP contribution in [0.25, 0.3) is 0 Å². The van der Waals surface area contributed by atoms with Crippen molar-refractivity contribution in [2.24, 2.45) is 5.16 Å². The van der Waals surface area contributed by atoms with E-state index in [0.29, 0.717) is 24.2 Å². The van der Waals surface area contributed by atoms with Crippen molar-refractivity contribution < 1.29 is 24.0 Å². The fourth-order valence-corrected chi connectivity index (χ4v) is 4.35. The first-order chi connectivity index (χ1) is 16.0. The Bertz CT molecular complexity index is 1140. The van der Waals surface area contributed by atoms with Gasteiger partial charge in [0.1, 0.15) is 6.10 Å². The highest BCUT2D eigenvalue weighted by Gasteiger charge is 2.38. The maximum Gasteiger partial charge on any atom is 0.261 e. The van der Waals surface area contributed by atoms with Gasteiger partial charge in [0.05, 0.1) is 36.0 Å². The van der Waals surface area contributed by atoms with Gasteiger partial charge in [0.25, 0.3) is 17.7 Å². The molecular formula is C25H25N3O5. The summed E-state index contributed by atoms with van der Waals surface area (Å²) in [7, 11) is 0. The molecule has 8 nitrogen and oxygen atoms in total. The zero-order chi connectivity index (χ0) is 22.9. The zero-order valence-corrected chi connectivity index (χ0v) is 18.4. The molecular weight excluding hydrogens is 422 g/mol. The molecule has 2 aromatic rings. The maximum atomic E-state index is 12.8. The Labute approximate surface area is 191 Å². The number of imide groups is 1. The van der Waals surface area contributed by atoms with Crippen LogP contribution in [0.3, 0.4) is 0 Å². The number of hydrogen-bond donors (Lipinski definition) is 1. The van der Waals surface area contributed by atoms with Crippen LogP contribution < -0.4 is 5.32 Å². The molecule has 33 heavy (non-hydrogen) atoms. The first kappa shape index (κ1) is 21.3. The SMILES string of the molecule is Cc1ccc(C2=NO[C@@H](CNC(=O)c3ccc4c(c3)C(=O)N(C[C@@H]3CCCO3)C4=O)C2)cc1. The Kier molecular flexibility index (Phi) is 5.68. The second-order valence-corrected chi connectivity index (χ2v) is 8.66. The van der Waals surface area contributed by atoms with Gasteiger partial charge in [-0.15, -0.1) is 0 Å². The van der Waals surface area contributed by atoms with Crippen molar-refractivity contribution in [1.29, 1.82) is 0 Å². The molecule has 3 heterocycles. The van der Waals surface area contributed by atoms with Crippen LogP contribution >= 0.6 is 0 Å². The molecule has 170 valence electrons. The predicted octanol–water partition coefficient (Wildman–Crippen LogP) is 2.69. The van der Waals surface area contributed by atoms with E-state index in [2.05, 4.69) is 10.5 Å². The Morgan fingerprint density at radius 1 is 1.09 bits per heavy atom. The number of nitrogens with zero attached hydrogens (tertiary/aromatic N) is 2. The number of oxime groups is 1. The molecule has 5 rings (SSSR count). The van der Waals surface area contributed by atoms with Gasteiger partial charge in [-0.1, -0.05) is 35.0 Å². The van der Waals surface area contributed by atoms with Crippen LogP contribution in [-0.2, 0) is 9.57 Å². The van der Waals surface area contributed by atoms with Gasteiger partial charge >= 0.3 is 0 Å². The molecule has 0 aliphatic carbocycles. The smallest absolute Gasteiger partial charge is 0.261 e. The van der Waals surface area contributed by atoms with E-state index in [-0.39, 0.29) is 48.6 Å². The number of ether oxygens (including phenoxy) is 1. The number of benzene rings is 2. The Morgan fingerprint density at radius 3 is 2.64 bits per heavy atom. The van der Waals surface area contributed by atoms with Crippen LogP contribution in [0.1, 0.15) is 61.5 Å². The van der Waals surface area contributed by atoms with Crippen molar-refractivity contribution in [1.82, 2.24) is 10.2 Å². The van der Waals surface area contributed by atoms with Crippen molar-refractivity contribution >= 4 is 23.4 Å². The molecule has 1 saturated heterocycles. The number of amides is 3. The molecule has 0 bridgehead atoms. The largest absolute Gasteiger partial charge is 0.390 e. The van der Waals surface area contributed by atoms with E-state index in [1.165, 1.54) is 16.5 Å². The lowest BCUT2D eigenvalue weighted by Gasteiger charge is -2.17. The fourth-order valence-electron chi connectivity index (χ4n) is 4.35.